The van der Waals surface area contributed by atoms with E-state index in [1.807, 2.05) is 6.07 Å². The van der Waals surface area contributed by atoms with E-state index in [0.717, 1.165) is 17.6 Å². The number of nitrogens with zero attached hydrogens (tertiary/aromatic N) is 1. The van der Waals surface area contributed by atoms with Crippen LogP contribution < -0.4 is 10.2 Å². The van der Waals surface area contributed by atoms with Gasteiger partial charge in [-0.2, -0.15) is 0 Å². The number of nitrogens with one attached hydrogen (secondary N) is 1. The fourth-order valence-corrected chi connectivity index (χ4v) is 2.53. The molecule has 0 spiro atoms. The van der Waals surface area contributed by atoms with Crippen LogP contribution in [0.15, 0.2) is 53.0 Å². The molecule has 0 unspecified atom stereocenters. The van der Waals surface area contributed by atoms with Gasteiger partial charge in [-0.3, -0.25) is 0 Å². The molecule has 17 heavy (non-hydrogen) atoms. The molecule has 0 bridgehead atoms. The van der Waals surface area contributed by atoms with Crippen molar-refractivity contribution in [2.24, 2.45) is 0 Å². The summed E-state index contributed by atoms with van der Waals surface area (Å²) in [4.78, 5) is 2.34. The number of anilines is 3. The molecule has 0 amide bonds. The van der Waals surface area contributed by atoms with Crippen molar-refractivity contribution < 1.29 is 0 Å². The number of para-hydroxylation sites is 1. The molecule has 86 valence electrons. The highest BCUT2D eigenvalue weighted by Gasteiger charge is 2.17. The van der Waals surface area contributed by atoms with Gasteiger partial charge >= 0.3 is 0 Å². The van der Waals surface area contributed by atoms with E-state index in [0.29, 0.717) is 0 Å². The van der Waals surface area contributed by atoms with E-state index >= 15 is 0 Å². The fraction of sp³-hybridized carbons (Fsp3) is 0.143. The summed E-state index contributed by atoms with van der Waals surface area (Å²) in [6, 6.07) is 16.9. The number of rotatable bonds is 1. The first-order valence-corrected chi connectivity index (χ1v) is 6.50. The Morgan fingerprint density at radius 1 is 1.06 bits per heavy atom. The minimum atomic E-state index is 0.976. The number of hydrogen-bond acceptors (Lipinski definition) is 2. The molecule has 3 heteroatoms. The van der Waals surface area contributed by atoms with Crippen LogP contribution in [-0.2, 0) is 0 Å². The zero-order valence-corrected chi connectivity index (χ0v) is 10.9. The van der Waals surface area contributed by atoms with Crippen molar-refractivity contribution in [1.82, 2.24) is 0 Å². The second-order valence-electron chi connectivity index (χ2n) is 4.08. The van der Waals surface area contributed by atoms with Crippen LogP contribution in [0.25, 0.3) is 0 Å². The van der Waals surface area contributed by atoms with Gasteiger partial charge in [-0.25, -0.2) is 0 Å². The predicted octanol–water partition coefficient (Wildman–Crippen LogP) is 4.01. The Bertz CT molecular complexity index is 525. The van der Waals surface area contributed by atoms with Gasteiger partial charge in [-0.05, 0) is 30.3 Å². The lowest BCUT2D eigenvalue weighted by Gasteiger charge is -2.32. The third-order valence-electron chi connectivity index (χ3n) is 2.97. The van der Waals surface area contributed by atoms with Crippen LogP contribution in [0.3, 0.4) is 0 Å². The van der Waals surface area contributed by atoms with Crippen molar-refractivity contribution in [1.29, 1.82) is 0 Å². The molecule has 2 aromatic rings. The van der Waals surface area contributed by atoms with Gasteiger partial charge in [0.05, 0.1) is 11.4 Å². The smallest absolute Gasteiger partial charge is 0.0658 e. The Balaban J connectivity index is 2.08. The third-order valence-corrected chi connectivity index (χ3v) is 3.46. The van der Waals surface area contributed by atoms with Crippen molar-refractivity contribution in [2.75, 3.05) is 23.3 Å². The molecule has 0 atom stereocenters. The monoisotopic (exact) mass is 288 g/mol. The van der Waals surface area contributed by atoms with Crippen molar-refractivity contribution in [3.63, 3.8) is 0 Å². The molecular formula is C14H13BrN2. The fourth-order valence-electron chi connectivity index (χ4n) is 2.18. The van der Waals surface area contributed by atoms with Crippen molar-refractivity contribution in [2.45, 2.75) is 0 Å². The Morgan fingerprint density at radius 2 is 1.88 bits per heavy atom. The van der Waals surface area contributed by atoms with Crippen LogP contribution >= 0.6 is 15.9 Å². The van der Waals surface area contributed by atoms with Crippen molar-refractivity contribution >= 4 is 33.0 Å². The molecule has 1 aliphatic heterocycles. The third kappa shape index (κ3) is 2.03. The number of fused-ring (bicyclic) bond motifs is 1. The summed E-state index contributed by atoms with van der Waals surface area (Å²) >= 11 is 3.54. The van der Waals surface area contributed by atoms with E-state index in [2.05, 4.69) is 68.6 Å². The van der Waals surface area contributed by atoms with Gasteiger partial charge in [0.15, 0.2) is 0 Å². The van der Waals surface area contributed by atoms with Gasteiger partial charge < -0.3 is 10.2 Å². The summed E-state index contributed by atoms with van der Waals surface area (Å²) in [5.41, 5.74) is 3.67. The van der Waals surface area contributed by atoms with E-state index in [4.69, 9.17) is 0 Å². The summed E-state index contributed by atoms with van der Waals surface area (Å²) < 4.78 is 1.11. The molecule has 1 aliphatic rings. The molecule has 2 aromatic carbocycles. The van der Waals surface area contributed by atoms with E-state index in [9.17, 15) is 0 Å². The molecule has 0 fully saturated rings. The van der Waals surface area contributed by atoms with Gasteiger partial charge in [-0.1, -0.05) is 34.1 Å². The molecule has 3 rings (SSSR count). The van der Waals surface area contributed by atoms with Crippen LogP contribution in [0.2, 0.25) is 0 Å². The topological polar surface area (TPSA) is 15.3 Å². The number of hydrogen-bond donors (Lipinski definition) is 1. The zero-order valence-electron chi connectivity index (χ0n) is 9.36. The van der Waals surface area contributed by atoms with E-state index in [1.54, 1.807) is 0 Å². The Kier molecular flexibility index (Phi) is 2.77. The first kappa shape index (κ1) is 10.7. The van der Waals surface area contributed by atoms with E-state index in [1.165, 1.54) is 17.1 Å². The standard InChI is InChI=1S/C14H13BrN2/c15-11-6-7-13-14(10-11)17(9-8-16-13)12-4-2-1-3-5-12/h1-7,10,16H,8-9H2. The SMILES string of the molecule is Brc1ccc2c(c1)N(c1ccccc1)CCN2. The van der Waals surface area contributed by atoms with Crippen LogP contribution in [-0.4, -0.2) is 13.1 Å². The second-order valence-corrected chi connectivity index (χ2v) is 4.99. The lowest BCUT2D eigenvalue weighted by Crippen LogP contribution is -2.29. The molecule has 0 aliphatic carbocycles. The predicted molar refractivity (Wildman–Crippen MR) is 76.1 cm³/mol. The molecule has 0 saturated carbocycles. The Morgan fingerprint density at radius 3 is 2.71 bits per heavy atom. The first-order chi connectivity index (χ1) is 8.34. The maximum absolute atomic E-state index is 3.54. The average Bonchev–Trinajstić information content (AvgIpc) is 2.39. The second kappa shape index (κ2) is 4.41. The largest absolute Gasteiger partial charge is 0.382 e. The molecular weight excluding hydrogens is 276 g/mol. The molecule has 0 aromatic heterocycles. The van der Waals surface area contributed by atoms with Crippen LogP contribution in [0, 0.1) is 0 Å². The quantitative estimate of drug-likeness (QED) is 0.853. The molecule has 2 nitrogen and oxygen atoms in total. The molecule has 0 saturated heterocycles. The molecule has 0 radical (unpaired) electrons. The lowest BCUT2D eigenvalue weighted by atomic mass is 10.1. The summed E-state index contributed by atoms with van der Waals surface area (Å²) in [6.45, 7) is 1.97. The highest BCUT2D eigenvalue weighted by Crippen LogP contribution is 2.36. The lowest BCUT2D eigenvalue weighted by molar-refractivity contribution is 0.926. The van der Waals surface area contributed by atoms with Gasteiger partial charge in [0, 0.05) is 23.2 Å². The van der Waals surface area contributed by atoms with Gasteiger partial charge in [0.1, 0.15) is 0 Å². The number of halogens is 1. The van der Waals surface area contributed by atoms with Gasteiger partial charge in [-0.15, -0.1) is 0 Å². The van der Waals surface area contributed by atoms with Crippen LogP contribution in [0.1, 0.15) is 0 Å². The van der Waals surface area contributed by atoms with Crippen molar-refractivity contribution in [3.05, 3.63) is 53.0 Å². The van der Waals surface area contributed by atoms with Crippen LogP contribution in [0.5, 0.6) is 0 Å². The maximum atomic E-state index is 3.54. The Labute approximate surface area is 109 Å². The van der Waals surface area contributed by atoms with E-state index in [-0.39, 0.29) is 0 Å². The molecule has 1 N–H and O–H groups in total. The highest BCUT2D eigenvalue weighted by atomic mass is 79.9. The first-order valence-electron chi connectivity index (χ1n) is 5.70. The summed E-state index contributed by atoms with van der Waals surface area (Å²) in [6.07, 6.45) is 0. The molecule has 1 heterocycles. The normalized spacial score (nSPS) is 14.1. The van der Waals surface area contributed by atoms with E-state index < -0.39 is 0 Å². The summed E-state index contributed by atoms with van der Waals surface area (Å²) in [5.74, 6) is 0. The van der Waals surface area contributed by atoms with Crippen LogP contribution in [0.4, 0.5) is 17.1 Å². The van der Waals surface area contributed by atoms with Gasteiger partial charge in [0.25, 0.3) is 0 Å². The van der Waals surface area contributed by atoms with Gasteiger partial charge in [0.2, 0.25) is 0 Å². The minimum Gasteiger partial charge on any atom is -0.382 e. The summed E-state index contributed by atoms with van der Waals surface area (Å²) in [5, 5.41) is 3.43. The zero-order chi connectivity index (χ0) is 11.7. The maximum Gasteiger partial charge on any atom is 0.0658 e. The minimum absolute atomic E-state index is 0.976. The summed E-state index contributed by atoms with van der Waals surface area (Å²) in [7, 11) is 0. The van der Waals surface area contributed by atoms with Crippen molar-refractivity contribution in [3.8, 4) is 0 Å². The highest BCUT2D eigenvalue weighted by molar-refractivity contribution is 9.10. The Hall–Kier alpha value is -1.48. The number of benzene rings is 2. The average molecular weight is 289 g/mol.